The molecule has 0 bridgehead atoms. The molecule has 0 heterocycles. The molecule has 8 heteroatoms. The molecule has 0 aliphatic heterocycles. The zero-order chi connectivity index (χ0) is 13.5. The quantitative estimate of drug-likeness (QED) is 0.682. The maximum atomic E-state index is 11.7. The molecule has 17 heavy (non-hydrogen) atoms. The van der Waals surface area contributed by atoms with Crippen molar-refractivity contribution in [3.63, 3.8) is 0 Å². The van der Waals surface area contributed by atoms with E-state index in [1.54, 1.807) is 0 Å². The van der Waals surface area contributed by atoms with Gasteiger partial charge in [0, 0.05) is 0 Å². The van der Waals surface area contributed by atoms with Crippen LogP contribution >= 0.6 is 0 Å². The minimum Gasteiger partial charge on any atom is -0.480 e. The number of nitrogens with zero attached hydrogens (tertiary/aromatic N) is 1. The monoisotopic (exact) mass is 253 g/mol. The van der Waals surface area contributed by atoms with Crippen LogP contribution in [0.15, 0.2) is 0 Å². The number of aliphatic carboxylic acids is 1. The van der Waals surface area contributed by atoms with Gasteiger partial charge >= 0.3 is 12.1 Å². The molecule has 0 atom stereocenters. The molecule has 1 amide bonds. The van der Waals surface area contributed by atoms with Gasteiger partial charge in [-0.1, -0.05) is 5.92 Å². The van der Waals surface area contributed by atoms with Gasteiger partial charge in [-0.3, -0.25) is 9.59 Å². The molecule has 96 valence electrons. The second kappa shape index (κ2) is 6.75. The summed E-state index contributed by atoms with van der Waals surface area (Å²) in [5.41, 5.74) is 0. The van der Waals surface area contributed by atoms with Crippen LogP contribution in [0.4, 0.5) is 13.2 Å². The molecule has 0 aromatic carbocycles. The van der Waals surface area contributed by atoms with Crippen molar-refractivity contribution in [2.45, 2.75) is 6.18 Å². The van der Waals surface area contributed by atoms with Gasteiger partial charge < -0.3 is 14.7 Å². The highest BCUT2D eigenvalue weighted by Crippen LogP contribution is 2.14. The van der Waals surface area contributed by atoms with E-state index in [-0.39, 0.29) is 6.54 Å². The number of alkyl halides is 3. The van der Waals surface area contributed by atoms with E-state index < -0.39 is 37.8 Å². The van der Waals surface area contributed by atoms with Gasteiger partial charge in [0.25, 0.3) is 0 Å². The number of ether oxygens (including phenoxy) is 1. The van der Waals surface area contributed by atoms with Crippen LogP contribution in [0.5, 0.6) is 0 Å². The minimum atomic E-state index is -4.54. The zero-order valence-corrected chi connectivity index (χ0v) is 8.66. The van der Waals surface area contributed by atoms with Crippen molar-refractivity contribution < 1.29 is 32.6 Å². The number of carbonyl (C=O) groups excluding carboxylic acids is 1. The van der Waals surface area contributed by atoms with Crippen LogP contribution in [0, 0.1) is 12.3 Å². The fourth-order valence-corrected chi connectivity index (χ4v) is 0.851. The van der Waals surface area contributed by atoms with Crippen LogP contribution in [0.2, 0.25) is 0 Å². The number of terminal acetylenes is 1. The van der Waals surface area contributed by atoms with E-state index in [4.69, 9.17) is 11.5 Å². The summed E-state index contributed by atoms with van der Waals surface area (Å²) in [5, 5.41) is 8.43. The summed E-state index contributed by atoms with van der Waals surface area (Å²) in [6, 6.07) is 0. The predicted octanol–water partition coefficient (Wildman–Crippen LogP) is 0.112. The summed E-state index contributed by atoms with van der Waals surface area (Å²) >= 11 is 0. The SMILES string of the molecule is C#CCN(CC(=O)O)C(=O)COCC(F)(F)F. The third-order valence-electron chi connectivity index (χ3n) is 1.45. The van der Waals surface area contributed by atoms with E-state index in [1.165, 1.54) is 0 Å². The normalized spacial score (nSPS) is 10.7. The topological polar surface area (TPSA) is 66.8 Å². The molecule has 0 radical (unpaired) electrons. The Morgan fingerprint density at radius 1 is 1.41 bits per heavy atom. The summed E-state index contributed by atoms with van der Waals surface area (Å²) in [5.74, 6) is -0.198. The highest BCUT2D eigenvalue weighted by atomic mass is 19.4. The average molecular weight is 253 g/mol. The number of carbonyl (C=O) groups is 2. The standard InChI is InChI=1S/C9H10F3NO4/c1-2-3-13(4-8(15)16)7(14)5-17-6-9(10,11)12/h1H,3-6H2,(H,15,16). The maximum absolute atomic E-state index is 11.7. The van der Waals surface area contributed by atoms with Gasteiger partial charge in [0.2, 0.25) is 5.91 Å². The van der Waals surface area contributed by atoms with E-state index in [2.05, 4.69) is 4.74 Å². The molecule has 0 unspecified atom stereocenters. The molecule has 0 aliphatic rings. The Labute approximate surface area is 95.1 Å². The number of carboxylic acids is 1. The van der Waals surface area contributed by atoms with Gasteiger partial charge in [0.05, 0.1) is 6.54 Å². The first kappa shape index (κ1) is 15.2. The Kier molecular flexibility index (Phi) is 6.06. The van der Waals surface area contributed by atoms with Crippen LogP contribution in [-0.4, -0.2) is 54.4 Å². The number of carboxylic acid groups (broad SMARTS) is 1. The lowest BCUT2D eigenvalue weighted by molar-refractivity contribution is -0.178. The fourth-order valence-electron chi connectivity index (χ4n) is 0.851. The molecule has 0 rings (SSSR count). The summed E-state index contributed by atoms with van der Waals surface area (Å²) < 4.78 is 39.2. The molecule has 0 aromatic rings. The lowest BCUT2D eigenvalue weighted by atomic mass is 10.4. The molecule has 0 saturated heterocycles. The summed E-state index contributed by atoms with van der Waals surface area (Å²) in [6.45, 7) is -3.43. The van der Waals surface area contributed by atoms with Crippen LogP contribution in [0.3, 0.4) is 0 Å². The smallest absolute Gasteiger partial charge is 0.411 e. The number of rotatable bonds is 6. The van der Waals surface area contributed by atoms with Gasteiger partial charge in [0.15, 0.2) is 0 Å². The lowest BCUT2D eigenvalue weighted by Gasteiger charge is -2.18. The summed E-state index contributed by atoms with van der Waals surface area (Å²) in [7, 11) is 0. The van der Waals surface area contributed by atoms with Crippen LogP contribution in [-0.2, 0) is 14.3 Å². The average Bonchev–Trinajstić information content (AvgIpc) is 2.14. The van der Waals surface area contributed by atoms with Crippen molar-refractivity contribution in [2.75, 3.05) is 26.3 Å². The third kappa shape index (κ3) is 8.10. The first-order valence-corrected chi connectivity index (χ1v) is 4.34. The molecule has 5 nitrogen and oxygen atoms in total. The van der Waals surface area contributed by atoms with Crippen molar-refractivity contribution in [1.29, 1.82) is 0 Å². The van der Waals surface area contributed by atoms with Gasteiger partial charge in [-0.15, -0.1) is 6.42 Å². The Morgan fingerprint density at radius 3 is 2.41 bits per heavy atom. The van der Waals surface area contributed by atoms with E-state index in [0.29, 0.717) is 4.90 Å². The zero-order valence-electron chi connectivity index (χ0n) is 8.66. The van der Waals surface area contributed by atoms with Crippen molar-refractivity contribution in [2.24, 2.45) is 0 Å². The molecule has 0 aromatic heterocycles. The van der Waals surface area contributed by atoms with E-state index in [1.807, 2.05) is 5.92 Å². The number of amides is 1. The number of halogens is 3. The van der Waals surface area contributed by atoms with Gasteiger partial charge in [0.1, 0.15) is 19.8 Å². The second-order valence-electron chi connectivity index (χ2n) is 2.96. The molecule has 0 aliphatic carbocycles. The van der Waals surface area contributed by atoms with Crippen LogP contribution in [0.25, 0.3) is 0 Å². The first-order valence-electron chi connectivity index (χ1n) is 4.34. The predicted molar refractivity (Wildman–Crippen MR) is 49.9 cm³/mol. The maximum Gasteiger partial charge on any atom is 0.411 e. The first-order chi connectivity index (χ1) is 7.76. The highest BCUT2D eigenvalue weighted by molar-refractivity contribution is 5.82. The van der Waals surface area contributed by atoms with Gasteiger partial charge in [-0.05, 0) is 0 Å². The minimum absolute atomic E-state index is 0.305. The second-order valence-corrected chi connectivity index (χ2v) is 2.96. The molecule has 0 spiro atoms. The van der Waals surface area contributed by atoms with Crippen molar-refractivity contribution in [1.82, 2.24) is 4.90 Å². The summed E-state index contributed by atoms with van der Waals surface area (Å²) in [4.78, 5) is 22.3. The van der Waals surface area contributed by atoms with E-state index >= 15 is 0 Å². The van der Waals surface area contributed by atoms with Gasteiger partial charge in [-0.25, -0.2) is 0 Å². The Bertz CT molecular complexity index is 321. The Hall–Kier alpha value is -1.75. The van der Waals surface area contributed by atoms with E-state index in [0.717, 1.165) is 0 Å². The molecule has 1 N–H and O–H groups in total. The number of hydrogen-bond acceptors (Lipinski definition) is 3. The Morgan fingerprint density at radius 2 is 2.00 bits per heavy atom. The highest BCUT2D eigenvalue weighted by Gasteiger charge is 2.28. The van der Waals surface area contributed by atoms with Crippen molar-refractivity contribution >= 4 is 11.9 Å². The molecular formula is C9H10F3NO4. The molecule has 0 saturated carbocycles. The third-order valence-corrected chi connectivity index (χ3v) is 1.45. The van der Waals surface area contributed by atoms with Crippen molar-refractivity contribution in [3.8, 4) is 12.3 Å². The number of hydrogen-bond donors (Lipinski definition) is 1. The van der Waals surface area contributed by atoms with E-state index in [9.17, 15) is 22.8 Å². The summed E-state index contributed by atoms with van der Waals surface area (Å²) in [6.07, 6.45) is 0.346. The largest absolute Gasteiger partial charge is 0.480 e. The Balaban J connectivity index is 4.15. The van der Waals surface area contributed by atoms with Crippen molar-refractivity contribution in [3.05, 3.63) is 0 Å². The van der Waals surface area contributed by atoms with Crippen LogP contribution in [0.1, 0.15) is 0 Å². The fraction of sp³-hybridized carbons (Fsp3) is 0.556. The lowest BCUT2D eigenvalue weighted by Crippen LogP contribution is -2.38. The van der Waals surface area contributed by atoms with Crippen LogP contribution < -0.4 is 0 Å². The molecule has 0 fully saturated rings. The van der Waals surface area contributed by atoms with Gasteiger partial charge in [-0.2, -0.15) is 13.2 Å². The molecular weight excluding hydrogens is 243 g/mol.